The van der Waals surface area contributed by atoms with E-state index in [9.17, 15) is 4.79 Å². The lowest BCUT2D eigenvalue weighted by molar-refractivity contribution is 0.0994. The standard InChI is InChI=1S/C17H20BrN7OS/c1-4-19-14-21-15(20-5-2)25-16(22-14)23-24-17(25)27-10(3)13(26)11-6-8-12(18)9-7-11/h6-10H,4-5H2,1-3H3,(H2,19,20,21,22,23)/t10-/m0/s1. The van der Waals surface area contributed by atoms with Crippen LogP contribution in [0.2, 0.25) is 0 Å². The van der Waals surface area contributed by atoms with Crippen LogP contribution >= 0.6 is 27.7 Å². The van der Waals surface area contributed by atoms with Crippen molar-refractivity contribution in [2.45, 2.75) is 31.2 Å². The molecule has 0 saturated carbocycles. The van der Waals surface area contributed by atoms with E-state index in [0.29, 0.717) is 41.5 Å². The van der Waals surface area contributed by atoms with Crippen LogP contribution in [0.25, 0.3) is 5.78 Å². The number of hydrogen-bond donors (Lipinski definition) is 2. The van der Waals surface area contributed by atoms with Crippen molar-refractivity contribution >= 4 is 51.1 Å². The summed E-state index contributed by atoms with van der Waals surface area (Å²) in [6.07, 6.45) is 0. The van der Waals surface area contributed by atoms with Gasteiger partial charge >= 0.3 is 0 Å². The van der Waals surface area contributed by atoms with Gasteiger partial charge in [0.25, 0.3) is 5.78 Å². The number of nitrogens with one attached hydrogen (secondary N) is 2. The monoisotopic (exact) mass is 449 g/mol. The SMILES string of the molecule is CCNc1nc(NCC)n2c(S[C@@H](C)C(=O)c3ccc(Br)cc3)nnc2n1. The van der Waals surface area contributed by atoms with E-state index in [1.54, 1.807) is 16.5 Å². The van der Waals surface area contributed by atoms with E-state index in [2.05, 4.69) is 46.7 Å². The fourth-order valence-electron chi connectivity index (χ4n) is 2.44. The van der Waals surface area contributed by atoms with Gasteiger partial charge in [-0.05, 0) is 32.9 Å². The fourth-order valence-corrected chi connectivity index (χ4v) is 3.63. The predicted molar refractivity (Wildman–Crippen MR) is 111 cm³/mol. The van der Waals surface area contributed by atoms with Crippen molar-refractivity contribution in [2.75, 3.05) is 23.7 Å². The number of halogens is 1. The second kappa shape index (κ2) is 8.66. The van der Waals surface area contributed by atoms with Gasteiger partial charge < -0.3 is 10.6 Å². The third kappa shape index (κ3) is 4.38. The molecule has 3 aromatic rings. The maximum atomic E-state index is 12.7. The van der Waals surface area contributed by atoms with Gasteiger partial charge in [-0.25, -0.2) is 4.40 Å². The van der Waals surface area contributed by atoms with Gasteiger partial charge in [0, 0.05) is 23.1 Å². The first-order valence-corrected chi connectivity index (χ1v) is 10.3. The van der Waals surface area contributed by atoms with Crippen LogP contribution in [0, 0.1) is 0 Å². The average molecular weight is 450 g/mol. The number of carbonyl (C=O) groups excluding carboxylic acids is 1. The molecular formula is C17H20BrN7OS. The molecule has 10 heteroatoms. The van der Waals surface area contributed by atoms with Gasteiger partial charge in [-0.1, -0.05) is 39.8 Å². The number of hydrogen-bond acceptors (Lipinski definition) is 8. The predicted octanol–water partition coefficient (Wildman–Crippen LogP) is 3.51. The average Bonchev–Trinajstić information content (AvgIpc) is 3.05. The highest BCUT2D eigenvalue weighted by atomic mass is 79.9. The Bertz CT molecular complexity index is 944. The summed E-state index contributed by atoms with van der Waals surface area (Å²) in [6, 6.07) is 7.33. The number of benzene rings is 1. The molecule has 3 rings (SSSR count). The number of Topliss-reactive ketones (excluding diaryl/α,β-unsaturated/α-hetero) is 1. The molecule has 2 heterocycles. The first kappa shape index (κ1) is 19.6. The fraction of sp³-hybridized carbons (Fsp3) is 0.353. The van der Waals surface area contributed by atoms with Crippen molar-refractivity contribution in [1.82, 2.24) is 24.6 Å². The first-order chi connectivity index (χ1) is 13.0. The smallest absolute Gasteiger partial charge is 0.261 e. The summed E-state index contributed by atoms with van der Waals surface area (Å²) in [5.74, 6) is 1.54. The minimum Gasteiger partial charge on any atom is -0.355 e. The van der Waals surface area contributed by atoms with Crippen molar-refractivity contribution in [3.8, 4) is 0 Å². The van der Waals surface area contributed by atoms with Gasteiger partial charge in [-0.2, -0.15) is 9.97 Å². The summed E-state index contributed by atoms with van der Waals surface area (Å²) >= 11 is 4.72. The highest BCUT2D eigenvalue weighted by Crippen LogP contribution is 2.27. The van der Waals surface area contributed by atoms with Crippen LogP contribution in [0.4, 0.5) is 11.9 Å². The van der Waals surface area contributed by atoms with Gasteiger partial charge in [0.2, 0.25) is 11.9 Å². The van der Waals surface area contributed by atoms with Crippen molar-refractivity contribution < 1.29 is 4.79 Å². The van der Waals surface area contributed by atoms with Crippen LogP contribution in [0.15, 0.2) is 33.9 Å². The van der Waals surface area contributed by atoms with Crippen LogP contribution in [0.3, 0.4) is 0 Å². The zero-order valence-electron chi connectivity index (χ0n) is 15.2. The lowest BCUT2D eigenvalue weighted by Crippen LogP contribution is -2.15. The van der Waals surface area contributed by atoms with E-state index in [-0.39, 0.29) is 11.0 Å². The molecular weight excluding hydrogens is 430 g/mol. The van der Waals surface area contributed by atoms with Gasteiger partial charge in [0.15, 0.2) is 10.9 Å². The van der Waals surface area contributed by atoms with Gasteiger partial charge in [-0.3, -0.25) is 4.79 Å². The maximum absolute atomic E-state index is 12.7. The lowest BCUT2D eigenvalue weighted by Gasteiger charge is -2.12. The van der Waals surface area contributed by atoms with E-state index >= 15 is 0 Å². The highest BCUT2D eigenvalue weighted by Gasteiger charge is 2.21. The van der Waals surface area contributed by atoms with E-state index in [0.717, 1.165) is 4.47 Å². The molecule has 0 aliphatic heterocycles. The molecule has 0 aliphatic carbocycles. The van der Waals surface area contributed by atoms with Crippen molar-refractivity contribution in [3.05, 3.63) is 34.3 Å². The molecule has 2 N–H and O–H groups in total. The zero-order chi connectivity index (χ0) is 19.4. The molecule has 1 atom stereocenters. The number of anilines is 2. The van der Waals surface area contributed by atoms with Crippen molar-refractivity contribution in [1.29, 1.82) is 0 Å². The highest BCUT2D eigenvalue weighted by molar-refractivity contribution is 9.10. The number of nitrogens with zero attached hydrogens (tertiary/aromatic N) is 5. The second-order valence-electron chi connectivity index (χ2n) is 5.68. The molecule has 0 aliphatic rings. The number of aromatic nitrogens is 5. The molecule has 142 valence electrons. The van der Waals surface area contributed by atoms with E-state index < -0.39 is 0 Å². The minimum absolute atomic E-state index is 0.0273. The normalized spacial score (nSPS) is 12.1. The number of rotatable bonds is 8. The molecule has 0 bridgehead atoms. The van der Waals surface area contributed by atoms with Gasteiger partial charge in [-0.15, -0.1) is 10.2 Å². The Kier molecular flexibility index (Phi) is 6.27. The molecule has 2 aromatic heterocycles. The Balaban J connectivity index is 1.89. The molecule has 0 fully saturated rings. The Labute approximate surface area is 169 Å². The van der Waals surface area contributed by atoms with Crippen molar-refractivity contribution in [2.24, 2.45) is 0 Å². The molecule has 8 nitrogen and oxygen atoms in total. The summed E-state index contributed by atoms with van der Waals surface area (Å²) in [7, 11) is 0. The summed E-state index contributed by atoms with van der Waals surface area (Å²) < 4.78 is 2.67. The van der Waals surface area contributed by atoms with Crippen LogP contribution < -0.4 is 10.6 Å². The van der Waals surface area contributed by atoms with Gasteiger partial charge in [0.1, 0.15) is 0 Å². The van der Waals surface area contributed by atoms with E-state index in [4.69, 9.17) is 0 Å². The topological polar surface area (TPSA) is 97.1 Å². The molecule has 27 heavy (non-hydrogen) atoms. The van der Waals surface area contributed by atoms with Crippen LogP contribution in [0.5, 0.6) is 0 Å². The number of ketones is 1. The number of fused-ring (bicyclic) bond motifs is 1. The summed E-state index contributed by atoms with van der Waals surface area (Å²) in [5.41, 5.74) is 0.657. The Morgan fingerprint density at radius 3 is 2.52 bits per heavy atom. The van der Waals surface area contributed by atoms with Gasteiger partial charge in [0.05, 0.1) is 5.25 Å². The van der Waals surface area contributed by atoms with E-state index in [1.807, 2.05) is 32.9 Å². The molecule has 0 radical (unpaired) electrons. The maximum Gasteiger partial charge on any atom is 0.261 e. The third-order valence-corrected chi connectivity index (χ3v) is 5.27. The molecule has 0 unspecified atom stereocenters. The summed E-state index contributed by atoms with van der Waals surface area (Å²) in [6.45, 7) is 7.21. The van der Waals surface area contributed by atoms with Crippen LogP contribution in [0.1, 0.15) is 31.1 Å². The Morgan fingerprint density at radius 2 is 1.85 bits per heavy atom. The van der Waals surface area contributed by atoms with Crippen LogP contribution in [-0.4, -0.2) is 48.7 Å². The van der Waals surface area contributed by atoms with E-state index in [1.165, 1.54) is 11.8 Å². The minimum atomic E-state index is -0.332. The molecule has 1 aromatic carbocycles. The largest absolute Gasteiger partial charge is 0.355 e. The zero-order valence-corrected chi connectivity index (χ0v) is 17.6. The third-order valence-electron chi connectivity index (χ3n) is 3.70. The summed E-state index contributed by atoms with van der Waals surface area (Å²) in [4.78, 5) is 21.6. The first-order valence-electron chi connectivity index (χ1n) is 8.60. The molecule has 0 spiro atoms. The quantitative estimate of drug-likeness (QED) is 0.398. The lowest BCUT2D eigenvalue weighted by atomic mass is 10.1. The number of carbonyl (C=O) groups is 1. The van der Waals surface area contributed by atoms with Crippen molar-refractivity contribution in [3.63, 3.8) is 0 Å². The Hall–Kier alpha value is -2.20. The Morgan fingerprint density at radius 1 is 1.15 bits per heavy atom. The summed E-state index contributed by atoms with van der Waals surface area (Å²) in [5, 5.41) is 14.9. The molecule has 0 saturated heterocycles. The van der Waals surface area contributed by atoms with Crippen LogP contribution in [-0.2, 0) is 0 Å². The molecule has 0 amide bonds. The second-order valence-corrected chi connectivity index (χ2v) is 7.90. The number of thioether (sulfide) groups is 1.